The van der Waals surface area contributed by atoms with Crippen molar-refractivity contribution in [1.29, 1.82) is 0 Å². The molecule has 53 heavy (non-hydrogen) atoms. The van der Waals surface area contributed by atoms with E-state index in [1.165, 1.54) is 23.1 Å². The maximum atomic E-state index is 14.1. The smallest absolute Gasteiger partial charge is 0.335 e. The highest BCUT2D eigenvalue weighted by molar-refractivity contribution is 5.92. The topological polar surface area (TPSA) is 74.3 Å². The van der Waals surface area contributed by atoms with E-state index < -0.39 is 23.8 Å². The number of nitrogens with zero attached hydrogens (tertiary/aromatic N) is 1. The van der Waals surface area contributed by atoms with Crippen LogP contribution in [0.25, 0.3) is 0 Å². The minimum absolute atomic E-state index is 0.0749. The molecule has 7 heteroatoms. The molecule has 1 saturated heterocycles. The van der Waals surface area contributed by atoms with Crippen molar-refractivity contribution in [3.63, 3.8) is 0 Å². The zero-order valence-corrected chi connectivity index (χ0v) is 34.9. The Kier molecular flexibility index (Phi) is 15.3. The number of carbonyl (C=O) groups is 2. The number of piperidine rings is 1. The van der Waals surface area contributed by atoms with Crippen LogP contribution in [0.1, 0.15) is 169 Å². The predicted octanol–water partition coefficient (Wildman–Crippen LogP) is 10.9. The largest absolute Gasteiger partial charge is 0.453 e. The number of ether oxygens (including phenoxy) is 3. The number of hydrogen-bond donors (Lipinski definition) is 0. The van der Waals surface area contributed by atoms with Crippen molar-refractivity contribution >= 4 is 11.8 Å². The molecular weight excluding hydrogens is 663 g/mol. The summed E-state index contributed by atoms with van der Waals surface area (Å²) in [7, 11) is 0. The Hall–Kier alpha value is -2.58. The van der Waals surface area contributed by atoms with Crippen LogP contribution in [-0.4, -0.2) is 57.9 Å². The molecule has 1 aliphatic carbocycles. The summed E-state index contributed by atoms with van der Waals surface area (Å²) in [4.78, 5) is 34.2. The summed E-state index contributed by atoms with van der Waals surface area (Å²) in [6.07, 6.45) is 8.11. The number of hydroxylamine groups is 2. The first-order valence-electron chi connectivity index (χ1n) is 20.7. The Morgan fingerprint density at radius 1 is 0.906 bits per heavy atom. The van der Waals surface area contributed by atoms with Gasteiger partial charge < -0.3 is 14.2 Å². The molecule has 2 aromatic carbocycles. The van der Waals surface area contributed by atoms with Crippen LogP contribution in [0.2, 0.25) is 0 Å². The number of Topliss-reactive ketones (excluding diaryl/α,β-unsaturated/α-hetero) is 1. The van der Waals surface area contributed by atoms with Gasteiger partial charge in [-0.3, -0.25) is 9.63 Å². The van der Waals surface area contributed by atoms with Crippen molar-refractivity contribution in [2.45, 2.75) is 200 Å². The van der Waals surface area contributed by atoms with Gasteiger partial charge in [0.15, 0.2) is 12.2 Å². The van der Waals surface area contributed by atoms with Crippen LogP contribution < -0.4 is 0 Å². The molecule has 0 radical (unpaired) electrons. The SMILES string of the molecule is CCCC(CC1c2cccc(c2)CCC1CC(ON1C(C)(C)CCCC1(C)C)c1ccccc1)OC(C)(CC)C(=O)[C@H](C)OC(=O)[C@H](C)OC(C)CC. The van der Waals surface area contributed by atoms with Gasteiger partial charge in [0, 0.05) is 11.1 Å². The first-order chi connectivity index (χ1) is 25.0. The van der Waals surface area contributed by atoms with E-state index in [0.29, 0.717) is 12.3 Å². The van der Waals surface area contributed by atoms with Crippen LogP contribution in [0.3, 0.4) is 0 Å². The average molecular weight is 734 g/mol. The maximum absolute atomic E-state index is 14.1. The number of ketones is 1. The summed E-state index contributed by atoms with van der Waals surface area (Å²) < 4.78 is 18.4. The molecule has 296 valence electrons. The molecule has 2 bridgehead atoms. The van der Waals surface area contributed by atoms with Crippen LogP contribution in [0.15, 0.2) is 54.6 Å². The molecule has 0 amide bonds. The molecule has 4 rings (SSSR count). The molecule has 1 aliphatic heterocycles. The molecule has 0 spiro atoms. The first-order valence-corrected chi connectivity index (χ1v) is 20.7. The van der Waals surface area contributed by atoms with Crippen molar-refractivity contribution < 1.29 is 28.6 Å². The van der Waals surface area contributed by atoms with Crippen molar-refractivity contribution in [2.75, 3.05) is 0 Å². The lowest BCUT2D eigenvalue weighted by Gasteiger charge is -2.52. The lowest BCUT2D eigenvalue weighted by Crippen LogP contribution is -2.58. The molecule has 8 atom stereocenters. The molecule has 7 nitrogen and oxygen atoms in total. The molecule has 0 saturated carbocycles. The molecule has 1 fully saturated rings. The van der Waals surface area contributed by atoms with Gasteiger partial charge in [-0.05, 0) is 148 Å². The van der Waals surface area contributed by atoms with E-state index in [0.717, 1.165) is 57.8 Å². The third-order valence-corrected chi connectivity index (χ3v) is 12.1. The second kappa shape index (κ2) is 18.8. The summed E-state index contributed by atoms with van der Waals surface area (Å²) in [6.45, 7) is 22.6. The third-order valence-electron chi connectivity index (χ3n) is 12.1. The number of fused-ring (bicyclic) bond motifs is 2. The number of carbonyl (C=O) groups excluding carboxylic acids is 2. The van der Waals surface area contributed by atoms with Crippen LogP contribution in [0.5, 0.6) is 0 Å². The number of hydrogen-bond acceptors (Lipinski definition) is 7. The van der Waals surface area contributed by atoms with Gasteiger partial charge in [0.25, 0.3) is 0 Å². The van der Waals surface area contributed by atoms with Crippen LogP contribution in [-0.2, 0) is 35.1 Å². The van der Waals surface area contributed by atoms with Crippen LogP contribution in [0.4, 0.5) is 0 Å². The average Bonchev–Trinajstić information content (AvgIpc) is 3.23. The second-order valence-corrected chi connectivity index (χ2v) is 17.5. The van der Waals surface area contributed by atoms with Gasteiger partial charge in [0.1, 0.15) is 11.7 Å². The normalized spacial score (nSPS) is 23.8. The lowest BCUT2D eigenvalue weighted by atomic mass is 9.77. The zero-order valence-electron chi connectivity index (χ0n) is 34.9. The molecule has 2 aromatic rings. The number of aryl methyl sites for hydroxylation is 1. The first kappa shape index (κ1) is 43.2. The predicted molar refractivity (Wildman–Crippen MR) is 214 cm³/mol. The van der Waals surface area contributed by atoms with E-state index in [2.05, 4.69) is 94.3 Å². The second-order valence-electron chi connectivity index (χ2n) is 17.5. The van der Waals surface area contributed by atoms with Gasteiger partial charge in [-0.2, -0.15) is 5.06 Å². The third kappa shape index (κ3) is 11.2. The van der Waals surface area contributed by atoms with Gasteiger partial charge in [-0.1, -0.05) is 81.8 Å². The summed E-state index contributed by atoms with van der Waals surface area (Å²) in [5.74, 6) is -0.193. The highest BCUT2D eigenvalue weighted by Crippen LogP contribution is 2.46. The Labute approximate surface area is 321 Å². The summed E-state index contributed by atoms with van der Waals surface area (Å²) in [5, 5.41) is 2.32. The molecule has 0 aromatic heterocycles. The Morgan fingerprint density at radius 3 is 2.21 bits per heavy atom. The van der Waals surface area contributed by atoms with E-state index >= 15 is 0 Å². The summed E-state index contributed by atoms with van der Waals surface area (Å²) in [6, 6.07) is 19.9. The van der Waals surface area contributed by atoms with E-state index in [9.17, 15) is 9.59 Å². The standard InChI is InChI=1S/C46H71NO6/c1-12-20-39(52-46(11,14-3)42(48)33(5)51-43(49)34(6)50-32(4)13-2)31-40-37-24-18-21-35(29-37)25-26-38(40)30-41(36-22-16-15-17-23-36)53-47-44(7,8)27-19-28-45(47,9)10/h15-18,21-24,29,32-34,38-41H,12-14,19-20,25-28,30-31H2,1-11H3/t32?,33-,34-,38?,39?,40?,41?,46?/m0/s1. The molecule has 6 unspecified atom stereocenters. The van der Waals surface area contributed by atoms with Gasteiger partial charge in [-0.15, -0.1) is 0 Å². The number of esters is 1. The minimum atomic E-state index is -1.11. The Bertz CT molecular complexity index is 1440. The van der Waals surface area contributed by atoms with Gasteiger partial charge in [0.2, 0.25) is 5.78 Å². The van der Waals surface area contributed by atoms with Crippen molar-refractivity contribution in [1.82, 2.24) is 5.06 Å². The molecule has 0 N–H and O–H groups in total. The maximum Gasteiger partial charge on any atom is 0.335 e. The summed E-state index contributed by atoms with van der Waals surface area (Å²) >= 11 is 0. The van der Waals surface area contributed by atoms with Gasteiger partial charge in [0.05, 0.1) is 12.2 Å². The lowest BCUT2D eigenvalue weighted by molar-refractivity contribution is -0.309. The van der Waals surface area contributed by atoms with E-state index in [1.54, 1.807) is 13.8 Å². The Morgan fingerprint density at radius 2 is 1.58 bits per heavy atom. The fourth-order valence-corrected chi connectivity index (χ4v) is 8.75. The summed E-state index contributed by atoms with van der Waals surface area (Å²) in [5.41, 5.74) is 2.65. The highest BCUT2D eigenvalue weighted by Gasteiger charge is 2.45. The fourth-order valence-electron chi connectivity index (χ4n) is 8.75. The zero-order chi connectivity index (χ0) is 39.0. The van der Waals surface area contributed by atoms with Gasteiger partial charge >= 0.3 is 5.97 Å². The minimum Gasteiger partial charge on any atom is -0.453 e. The monoisotopic (exact) mass is 734 g/mol. The quantitative estimate of drug-likeness (QED) is 0.133. The molecule has 1 heterocycles. The van der Waals surface area contributed by atoms with Crippen LogP contribution in [0, 0.1) is 5.92 Å². The number of rotatable bonds is 19. The fraction of sp³-hybridized carbons (Fsp3) is 0.696. The molecular formula is C46H71NO6. The van der Waals surface area contributed by atoms with Crippen molar-refractivity contribution in [3.05, 3.63) is 71.3 Å². The number of benzene rings is 2. The van der Waals surface area contributed by atoms with Crippen LogP contribution >= 0.6 is 0 Å². The van der Waals surface area contributed by atoms with E-state index in [1.807, 2.05) is 27.7 Å². The van der Waals surface area contributed by atoms with Gasteiger partial charge in [-0.25, -0.2) is 4.79 Å². The highest BCUT2D eigenvalue weighted by atomic mass is 16.7. The van der Waals surface area contributed by atoms with Crippen molar-refractivity contribution in [2.24, 2.45) is 5.92 Å². The van der Waals surface area contributed by atoms with Crippen molar-refractivity contribution in [3.8, 4) is 0 Å². The molecule has 2 aliphatic rings. The van der Waals surface area contributed by atoms with E-state index in [-0.39, 0.29) is 41.1 Å². The Balaban J connectivity index is 1.60. The van der Waals surface area contributed by atoms with E-state index in [4.69, 9.17) is 19.0 Å².